The number of hydrogen-bond donors (Lipinski definition) is 0. The zero-order chi connectivity index (χ0) is 14.9. The van der Waals surface area contributed by atoms with Crippen LogP contribution < -0.4 is 0 Å². The summed E-state index contributed by atoms with van der Waals surface area (Å²) in [6.45, 7) is 4.50. The minimum Gasteiger partial charge on any atom is -0.378 e. The average molecular weight is 319 g/mol. The summed E-state index contributed by atoms with van der Waals surface area (Å²) in [6.07, 6.45) is 5.22. The third-order valence-electron chi connectivity index (χ3n) is 4.79. The molecule has 2 aromatic rings. The molecule has 1 saturated carbocycles. The Hall–Kier alpha value is -1.24. The van der Waals surface area contributed by atoms with Crippen molar-refractivity contribution in [3.05, 3.63) is 22.2 Å². The quantitative estimate of drug-likeness (QED) is 0.867. The van der Waals surface area contributed by atoms with Crippen molar-refractivity contribution in [3.8, 4) is 11.4 Å². The van der Waals surface area contributed by atoms with Gasteiger partial charge in [-0.2, -0.15) is 16.3 Å². The number of rotatable bonds is 3. The first-order chi connectivity index (χ1) is 10.8. The van der Waals surface area contributed by atoms with Crippen LogP contribution in [0.3, 0.4) is 0 Å². The smallest absolute Gasteiger partial charge is 0.246 e. The molecule has 0 bridgehead atoms. The van der Waals surface area contributed by atoms with Crippen molar-refractivity contribution >= 4 is 11.3 Å². The predicted octanol–water partition coefficient (Wildman–Crippen LogP) is 3.42. The van der Waals surface area contributed by atoms with Crippen molar-refractivity contribution in [2.75, 3.05) is 19.8 Å². The van der Waals surface area contributed by atoms with Crippen LogP contribution in [0.2, 0.25) is 0 Å². The molecule has 5 nitrogen and oxygen atoms in total. The highest BCUT2D eigenvalue weighted by atomic mass is 32.1. The van der Waals surface area contributed by atoms with Gasteiger partial charge in [-0.3, -0.25) is 4.90 Å². The summed E-state index contributed by atoms with van der Waals surface area (Å²) in [4.78, 5) is 7.19. The van der Waals surface area contributed by atoms with Crippen LogP contribution in [0.15, 0.2) is 15.3 Å². The molecule has 22 heavy (non-hydrogen) atoms. The van der Waals surface area contributed by atoms with E-state index in [9.17, 15) is 0 Å². The second-order valence-electron chi connectivity index (χ2n) is 6.19. The van der Waals surface area contributed by atoms with E-state index in [2.05, 4.69) is 32.7 Å². The first-order valence-electron chi connectivity index (χ1n) is 8.03. The zero-order valence-corrected chi connectivity index (χ0v) is 13.6. The van der Waals surface area contributed by atoms with Gasteiger partial charge in [0.05, 0.1) is 13.2 Å². The van der Waals surface area contributed by atoms with E-state index in [-0.39, 0.29) is 6.04 Å². The Kier molecular flexibility index (Phi) is 3.98. The van der Waals surface area contributed by atoms with E-state index in [1.165, 1.54) is 31.2 Å². The third-order valence-corrected chi connectivity index (χ3v) is 5.65. The molecule has 1 unspecified atom stereocenters. The number of aryl methyl sites for hydroxylation is 1. The van der Waals surface area contributed by atoms with E-state index < -0.39 is 0 Å². The van der Waals surface area contributed by atoms with E-state index in [0.29, 0.717) is 24.4 Å². The van der Waals surface area contributed by atoms with Gasteiger partial charge in [-0.05, 0) is 30.7 Å². The van der Waals surface area contributed by atoms with Gasteiger partial charge in [0.2, 0.25) is 11.7 Å². The molecular formula is C16H21N3O2S. The number of aromatic nitrogens is 2. The molecule has 0 amide bonds. The summed E-state index contributed by atoms with van der Waals surface area (Å²) in [5.74, 6) is 1.40. The Bertz CT molecular complexity index is 633. The summed E-state index contributed by atoms with van der Waals surface area (Å²) in [7, 11) is 0. The van der Waals surface area contributed by atoms with Crippen molar-refractivity contribution in [1.82, 2.24) is 15.0 Å². The lowest BCUT2D eigenvalue weighted by Gasteiger charge is -2.37. The van der Waals surface area contributed by atoms with Gasteiger partial charge >= 0.3 is 0 Å². The first kappa shape index (κ1) is 14.4. The van der Waals surface area contributed by atoms with Crippen molar-refractivity contribution in [3.63, 3.8) is 0 Å². The van der Waals surface area contributed by atoms with Crippen LogP contribution >= 0.6 is 11.3 Å². The Labute approximate surface area is 134 Å². The van der Waals surface area contributed by atoms with Crippen molar-refractivity contribution in [1.29, 1.82) is 0 Å². The molecule has 4 rings (SSSR count). The maximum absolute atomic E-state index is 5.68. The molecule has 0 radical (unpaired) electrons. The van der Waals surface area contributed by atoms with Crippen molar-refractivity contribution in [2.45, 2.75) is 44.7 Å². The van der Waals surface area contributed by atoms with E-state index >= 15 is 0 Å². The van der Waals surface area contributed by atoms with Gasteiger partial charge in [-0.25, -0.2) is 0 Å². The molecule has 0 aromatic carbocycles. The first-order valence-corrected chi connectivity index (χ1v) is 8.97. The third kappa shape index (κ3) is 2.59. The van der Waals surface area contributed by atoms with Crippen LogP contribution in [0.5, 0.6) is 0 Å². The Morgan fingerprint density at radius 3 is 2.91 bits per heavy atom. The Morgan fingerprint density at radius 1 is 1.27 bits per heavy atom. The van der Waals surface area contributed by atoms with Gasteiger partial charge in [-0.15, -0.1) is 0 Å². The number of thiophene rings is 1. The molecule has 2 aliphatic rings. The fourth-order valence-corrected chi connectivity index (χ4v) is 4.40. The summed E-state index contributed by atoms with van der Waals surface area (Å²) in [5, 5.41) is 8.38. The van der Waals surface area contributed by atoms with Crippen molar-refractivity contribution < 1.29 is 9.26 Å². The summed E-state index contributed by atoms with van der Waals surface area (Å²) >= 11 is 1.67. The number of nitrogens with zero attached hydrogens (tertiary/aromatic N) is 3. The fourth-order valence-electron chi connectivity index (χ4n) is 3.57. The molecule has 1 aliphatic carbocycles. The van der Waals surface area contributed by atoms with Crippen molar-refractivity contribution in [2.24, 2.45) is 0 Å². The highest BCUT2D eigenvalue weighted by Crippen LogP contribution is 2.33. The molecule has 0 N–H and O–H groups in total. The minimum absolute atomic E-state index is 0.108. The second-order valence-corrected chi connectivity index (χ2v) is 6.94. The summed E-state index contributed by atoms with van der Waals surface area (Å²) in [5.41, 5.74) is 2.27. The van der Waals surface area contributed by atoms with E-state index in [0.717, 1.165) is 18.7 Å². The van der Waals surface area contributed by atoms with Crippen LogP contribution in [0, 0.1) is 6.92 Å². The second kappa shape index (κ2) is 6.10. The molecule has 0 spiro atoms. The lowest BCUT2D eigenvalue weighted by Crippen LogP contribution is -2.44. The van der Waals surface area contributed by atoms with Crippen LogP contribution in [-0.2, 0) is 4.74 Å². The normalized spacial score (nSPS) is 24.1. The van der Waals surface area contributed by atoms with Gasteiger partial charge in [-0.1, -0.05) is 18.0 Å². The molecule has 1 aliphatic heterocycles. The number of morpholine rings is 1. The van der Waals surface area contributed by atoms with E-state index in [1.54, 1.807) is 11.3 Å². The van der Waals surface area contributed by atoms with Crippen LogP contribution in [0.4, 0.5) is 0 Å². The highest BCUT2D eigenvalue weighted by Gasteiger charge is 2.35. The minimum atomic E-state index is 0.108. The fraction of sp³-hybridized carbons (Fsp3) is 0.625. The van der Waals surface area contributed by atoms with Crippen LogP contribution in [0.1, 0.15) is 43.2 Å². The molecule has 1 atom stereocenters. The molecule has 6 heteroatoms. The maximum atomic E-state index is 5.68. The summed E-state index contributed by atoms with van der Waals surface area (Å²) in [6, 6.07) is 0.754. The maximum Gasteiger partial charge on any atom is 0.246 e. The Balaban J connectivity index is 1.59. The van der Waals surface area contributed by atoms with Gasteiger partial charge in [0, 0.05) is 23.5 Å². The number of hydrogen-bond acceptors (Lipinski definition) is 6. The SMILES string of the molecule is Cc1cscc1-c1noc(C2COCCN2C2CCCC2)n1. The van der Waals surface area contributed by atoms with Gasteiger partial charge < -0.3 is 9.26 Å². The Morgan fingerprint density at radius 2 is 2.14 bits per heavy atom. The summed E-state index contributed by atoms with van der Waals surface area (Å²) < 4.78 is 11.3. The topological polar surface area (TPSA) is 51.4 Å². The van der Waals surface area contributed by atoms with Crippen LogP contribution in [-0.4, -0.2) is 40.8 Å². The largest absolute Gasteiger partial charge is 0.378 e. The van der Waals surface area contributed by atoms with Crippen LogP contribution in [0.25, 0.3) is 11.4 Å². The zero-order valence-electron chi connectivity index (χ0n) is 12.8. The van der Waals surface area contributed by atoms with Gasteiger partial charge in [0.1, 0.15) is 6.04 Å². The molecule has 2 fully saturated rings. The molecule has 2 aromatic heterocycles. The molecular weight excluding hydrogens is 298 g/mol. The van der Waals surface area contributed by atoms with E-state index in [4.69, 9.17) is 9.26 Å². The highest BCUT2D eigenvalue weighted by molar-refractivity contribution is 7.08. The molecule has 118 valence electrons. The van der Waals surface area contributed by atoms with E-state index in [1.807, 2.05) is 0 Å². The lowest BCUT2D eigenvalue weighted by atomic mass is 10.1. The van der Waals surface area contributed by atoms with Gasteiger partial charge in [0.25, 0.3) is 0 Å². The number of ether oxygens (including phenoxy) is 1. The van der Waals surface area contributed by atoms with Gasteiger partial charge in [0.15, 0.2) is 0 Å². The standard InChI is InChI=1S/C16H21N3O2S/c1-11-9-22-10-13(11)15-17-16(21-18-15)14-8-20-7-6-19(14)12-4-2-3-5-12/h9-10,12,14H,2-8H2,1H3. The molecule has 3 heterocycles. The average Bonchev–Trinajstić information content (AvgIpc) is 3.28. The monoisotopic (exact) mass is 319 g/mol. The molecule has 1 saturated heterocycles. The lowest BCUT2D eigenvalue weighted by molar-refractivity contribution is -0.0397. The predicted molar refractivity (Wildman–Crippen MR) is 84.9 cm³/mol.